The number of nitrogens with zero attached hydrogens (tertiary/aromatic N) is 3. The number of carbonyl (C=O) groups excluding carboxylic acids is 1. The van der Waals surface area contributed by atoms with Gasteiger partial charge in [0.25, 0.3) is 5.91 Å². The van der Waals surface area contributed by atoms with E-state index in [0.29, 0.717) is 37.0 Å². The summed E-state index contributed by atoms with van der Waals surface area (Å²) in [7, 11) is 0. The van der Waals surface area contributed by atoms with E-state index in [0.717, 1.165) is 11.8 Å². The molecule has 5 nitrogen and oxygen atoms in total. The van der Waals surface area contributed by atoms with E-state index in [1.54, 1.807) is 54.6 Å². The third-order valence-corrected chi connectivity index (χ3v) is 6.13. The molecule has 31 heavy (non-hydrogen) atoms. The first-order valence-electron chi connectivity index (χ1n) is 9.06. The summed E-state index contributed by atoms with van der Waals surface area (Å²) in [4.78, 5) is 14.9. The topological polar surface area (TPSA) is 58.2 Å². The van der Waals surface area contributed by atoms with Gasteiger partial charge >= 0.3 is 0 Å². The van der Waals surface area contributed by atoms with Crippen molar-refractivity contribution in [2.24, 2.45) is 10.2 Å². The lowest BCUT2D eigenvalue weighted by molar-refractivity contribution is -0.122. The predicted molar refractivity (Wildman–Crippen MR) is 123 cm³/mol. The molecule has 1 amide bonds. The van der Waals surface area contributed by atoms with Crippen LogP contribution in [0, 0.1) is 5.82 Å². The highest BCUT2D eigenvalue weighted by Gasteiger charge is 2.34. The number of carbonyl (C=O) groups is 1. The molecule has 0 atom stereocenters. The molecule has 0 bridgehead atoms. The minimum absolute atomic E-state index is 0.174. The zero-order valence-electron chi connectivity index (χ0n) is 15.8. The summed E-state index contributed by atoms with van der Waals surface area (Å²) in [5.41, 5.74) is 0.902. The van der Waals surface area contributed by atoms with E-state index in [2.05, 4.69) is 10.2 Å². The Morgan fingerprint density at radius 2 is 1.87 bits per heavy atom. The van der Waals surface area contributed by atoms with Crippen LogP contribution < -0.4 is 0 Å². The van der Waals surface area contributed by atoms with Crippen molar-refractivity contribution in [2.45, 2.75) is 6.54 Å². The van der Waals surface area contributed by atoms with Crippen molar-refractivity contribution in [3.8, 4) is 0 Å². The van der Waals surface area contributed by atoms with E-state index in [4.69, 9.17) is 27.6 Å². The SMILES string of the molecule is O=C1/C(=C/c2cccc(Cl)c2Cl)S/C(=N/N=C\c2ccccc2F)N1Cc1ccco1. The van der Waals surface area contributed by atoms with Crippen LogP contribution in [-0.4, -0.2) is 22.2 Å². The van der Waals surface area contributed by atoms with E-state index in [1.165, 1.54) is 23.4 Å². The lowest BCUT2D eigenvalue weighted by atomic mass is 10.2. The average Bonchev–Trinajstić information content (AvgIpc) is 3.37. The van der Waals surface area contributed by atoms with Crippen molar-refractivity contribution in [1.82, 2.24) is 4.90 Å². The molecule has 0 unspecified atom stereocenters. The van der Waals surface area contributed by atoms with Gasteiger partial charge in [0.2, 0.25) is 0 Å². The summed E-state index contributed by atoms with van der Waals surface area (Å²) in [6.45, 7) is 0.174. The molecule has 0 N–H and O–H groups in total. The summed E-state index contributed by atoms with van der Waals surface area (Å²) in [6, 6.07) is 14.9. The standard InChI is InChI=1S/C22H14Cl2FN3O2S/c23-17-8-3-6-14(20(17)24)11-19-21(29)28(13-16-7-4-10-30-16)22(31-19)27-26-12-15-5-1-2-9-18(15)25/h1-12H,13H2/b19-11-,26-12-,27-22+. The molecule has 0 spiro atoms. The average molecular weight is 474 g/mol. The maximum absolute atomic E-state index is 13.8. The van der Waals surface area contributed by atoms with Crippen LogP contribution in [0.15, 0.2) is 80.4 Å². The lowest BCUT2D eigenvalue weighted by Crippen LogP contribution is -2.28. The molecule has 1 aliphatic heterocycles. The van der Waals surface area contributed by atoms with Gasteiger partial charge in [0.15, 0.2) is 5.17 Å². The highest BCUT2D eigenvalue weighted by Crippen LogP contribution is 2.36. The second kappa shape index (κ2) is 9.51. The molecule has 0 radical (unpaired) electrons. The number of benzene rings is 2. The molecular weight excluding hydrogens is 460 g/mol. The Kier molecular flexibility index (Phi) is 6.56. The summed E-state index contributed by atoms with van der Waals surface area (Å²) >= 11 is 13.5. The monoisotopic (exact) mass is 473 g/mol. The van der Waals surface area contributed by atoms with Gasteiger partial charge in [-0.15, -0.1) is 5.10 Å². The van der Waals surface area contributed by atoms with Crippen LogP contribution in [-0.2, 0) is 11.3 Å². The van der Waals surface area contributed by atoms with Gasteiger partial charge < -0.3 is 4.42 Å². The highest BCUT2D eigenvalue weighted by atomic mass is 35.5. The van der Waals surface area contributed by atoms with Crippen LogP contribution in [0.5, 0.6) is 0 Å². The molecule has 4 rings (SSSR count). The van der Waals surface area contributed by atoms with Gasteiger partial charge in [-0.25, -0.2) is 4.39 Å². The van der Waals surface area contributed by atoms with Gasteiger partial charge in [-0.3, -0.25) is 9.69 Å². The molecule has 1 fully saturated rings. The summed E-state index contributed by atoms with van der Waals surface area (Å²) in [6.07, 6.45) is 4.48. The minimum Gasteiger partial charge on any atom is -0.467 e. The number of amides is 1. The van der Waals surface area contributed by atoms with Crippen LogP contribution in [0.2, 0.25) is 10.0 Å². The third-order valence-electron chi connectivity index (χ3n) is 4.30. The number of hydrogen-bond donors (Lipinski definition) is 0. The molecule has 3 aromatic rings. The van der Waals surface area contributed by atoms with Crippen LogP contribution >= 0.6 is 35.0 Å². The van der Waals surface area contributed by atoms with E-state index in [9.17, 15) is 9.18 Å². The fourth-order valence-corrected chi connectivity index (χ4v) is 4.06. The minimum atomic E-state index is -0.412. The Bertz CT molecular complexity index is 1210. The number of amidine groups is 1. The fraction of sp³-hybridized carbons (Fsp3) is 0.0455. The van der Waals surface area contributed by atoms with Gasteiger partial charge in [-0.1, -0.05) is 53.5 Å². The Balaban J connectivity index is 1.66. The van der Waals surface area contributed by atoms with Crippen LogP contribution in [0.3, 0.4) is 0 Å². The molecule has 1 aromatic heterocycles. The third kappa shape index (κ3) is 4.90. The molecule has 1 saturated heterocycles. The van der Waals surface area contributed by atoms with E-state index < -0.39 is 5.82 Å². The molecule has 156 valence electrons. The summed E-state index contributed by atoms with van der Waals surface area (Å²) < 4.78 is 19.2. The van der Waals surface area contributed by atoms with Crippen LogP contribution in [0.1, 0.15) is 16.9 Å². The molecule has 0 saturated carbocycles. The highest BCUT2D eigenvalue weighted by molar-refractivity contribution is 8.18. The molecule has 2 heterocycles. The normalized spacial score (nSPS) is 16.9. The first kappa shape index (κ1) is 21.4. The second-order valence-electron chi connectivity index (χ2n) is 6.37. The quantitative estimate of drug-likeness (QED) is 0.250. The molecule has 2 aromatic carbocycles. The Labute approximate surface area is 191 Å². The van der Waals surface area contributed by atoms with Crippen molar-refractivity contribution in [2.75, 3.05) is 0 Å². The van der Waals surface area contributed by atoms with E-state index in [-0.39, 0.29) is 12.5 Å². The number of furan rings is 1. The molecule has 0 aliphatic carbocycles. The zero-order chi connectivity index (χ0) is 21.8. The van der Waals surface area contributed by atoms with Crippen molar-refractivity contribution >= 4 is 58.3 Å². The van der Waals surface area contributed by atoms with Gasteiger partial charge in [0.05, 0.1) is 34.0 Å². The summed E-state index contributed by atoms with van der Waals surface area (Å²) in [5.74, 6) is -0.107. The van der Waals surface area contributed by atoms with Crippen LogP contribution in [0.4, 0.5) is 4.39 Å². The van der Waals surface area contributed by atoms with Crippen molar-refractivity contribution in [1.29, 1.82) is 0 Å². The van der Waals surface area contributed by atoms with Gasteiger partial charge in [-0.2, -0.15) is 5.10 Å². The lowest BCUT2D eigenvalue weighted by Gasteiger charge is -2.12. The zero-order valence-corrected chi connectivity index (χ0v) is 18.2. The first-order chi connectivity index (χ1) is 15.0. The largest absolute Gasteiger partial charge is 0.467 e. The maximum Gasteiger partial charge on any atom is 0.267 e. The summed E-state index contributed by atoms with van der Waals surface area (Å²) in [5, 5.41) is 9.20. The van der Waals surface area contributed by atoms with Crippen molar-refractivity contribution in [3.05, 3.63) is 98.5 Å². The Hall–Kier alpha value is -2.87. The number of halogens is 3. The Morgan fingerprint density at radius 3 is 2.65 bits per heavy atom. The van der Waals surface area contributed by atoms with Gasteiger partial charge in [0.1, 0.15) is 11.6 Å². The Morgan fingerprint density at radius 1 is 1.06 bits per heavy atom. The maximum atomic E-state index is 13.8. The van der Waals surface area contributed by atoms with Crippen molar-refractivity contribution < 1.29 is 13.6 Å². The van der Waals surface area contributed by atoms with Crippen molar-refractivity contribution in [3.63, 3.8) is 0 Å². The van der Waals surface area contributed by atoms with E-state index >= 15 is 0 Å². The molecule has 9 heteroatoms. The predicted octanol–water partition coefficient (Wildman–Crippen LogP) is 6.23. The smallest absolute Gasteiger partial charge is 0.267 e. The van der Waals surface area contributed by atoms with E-state index in [1.807, 2.05) is 0 Å². The number of thioether (sulfide) groups is 1. The molecular formula is C22H14Cl2FN3O2S. The van der Waals surface area contributed by atoms with Crippen LogP contribution in [0.25, 0.3) is 6.08 Å². The second-order valence-corrected chi connectivity index (χ2v) is 8.17. The van der Waals surface area contributed by atoms with Gasteiger partial charge in [0, 0.05) is 5.56 Å². The molecule has 1 aliphatic rings. The van der Waals surface area contributed by atoms with Gasteiger partial charge in [-0.05, 0) is 47.7 Å². The number of hydrogen-bond acceptors (Lipinski definition) is 5. The first-order valence-corrected chi connectivity index (χ1v) is 10.6. The fourth-order valence-electron chi connectivity index (χ4n) is 2.77. The number of rotatable bonds is 5.